The van der Waals surface area contributed by atoms with Gasteiger partial charge in [0.25, 0.3) is 0 Å². The van der Waals surface area contributed by atoms with E-state index in [1.165, 1.54) is 51.4 Å². The zero-order valence-electron chi connectivity index (χ0n) is 22.8. The number of ether oxygens (including phenoxy) is 3. The summed E-state index contributed by atoms with van der Waals surface area (Å²) < 4.78 is 20.5. The Morgan fingerprint density at radius 3 is 1.27 bits per heavy atom. The van der Waals surface area contributed by atoms with Gasteiger partial charge in [0.05, 0.1) is 0 Å². The number of unbranched alkanes of at least 4 members (excludes halogenated alkanes) is 4. The van der Waals surface area contributed by atoms with Crippen molar-refractivity contribution in [1.82, 2.24) is 0 Å². The summed E-state index contributed by atoms with van der Waals surface area (Å²) in [5, 5.41) is 0. The van der Waals surface area contributed by atoms with Crippen molar-refractivity contribution < 1.29 is 14.2 Å². The molecule has 0 N–H and O–H groups in total. The minimum absolute atomic E-state index is 0.131. The smallest absolute Gasteiger partial charge is 0.160 e. The Hall–Kier alpha value is 1.34. The molecule has 0 amide bonds. The zero-order chi connectivity index (χ0) is 24.9. The van der Waals surface area contributed by atoms with E-state index >= 15 is 0 Å². The molecule has 0 aliphatic rings. The van der Waals surface area contributed by atoms with Gasteiger partial charge in [0.1, 0.15) is 0 Å². The second-order valence-electron chi connectivity index (χ2n) is 10.3. The van der Waals surface area contributed by atoms with E-state index in [1.54, 1.807) is 0 Å². The monoisotopic (exact) mass is 694 g/mol. The van der Waals surface area contributed by atoms with Gasteiger partial charge in [-0.25, -0.2) is 0 Å². The number of hydrogen-bond acceptors (Lipinski definition) is 3. The minimum atomic E-state index is -0.131. The Morgan fingerprint density at radius 1 is 0.545 bits per heavy atom. The fraction of sp³-hybridized carbons (Fsp3) is 1.00. The van der Waals surface area contributed by atoms with Crippen LogP contribution in [0.4, 0.5) is 0 Å². The van der Waals surface area contributed by atoms with Crippen LogP contribution >= 0.6 is 45.2 Å². The van der Waals surface area contributed by atoms with Crippen molar-refractivity contribution in [2.45, 2.75) is 152 Å². The summed E-state index contributed by atoms with van der Waals surface area (Å²) in [5.74, 6) is 1.53. The summed E-state index contributed by atoms with van der Waals surface area (Å²) in [6.45, 7) is 15.4. The van der Waals surface area contributed by atoms with E-state index in [1.807, 2.05) is 0 Å². The lowest BCUT2D eigenvalue weighted by Crippen LogP contribution is -2.28. The van der Waals surface area contributed by atoms with E-state index in [2.05, 4.69) is 86.7 Å². The molecular weight excluding hydrogens is 638 g/mol. The Balaban J connectivity index is 4.76. The molecule has 0 aromatic heterocycles. The molecule has 5 heteroatoms. The molecule has 6 atom stereocenters. The van der Waals surface area contributed by atoms with Gasteiger partial charge in [-0.1, -0.05) is 125 Å². The van der Waals surface area contributed by atoms with Gasteiger partial charge in [0, 0.05) is 21.1 Å². The molecule has 0 bridgehead atoms. The highest BCUT2D eigenvalue weighted by Gasteiger charge is 2.19. The Labute approximate surface area is 234 Å². The molecule has 6 unspecified atom stereocenters. The summed E-state index contributed by atoms with van der Waals surface area (Å²) in [6, 6.07) is 0. The molecule has 0 fully saturated rings. The first-order valence-corrected chi connectivity index (χ1v) is 16.4. The van der Waals surface area contributed by atoms with E-state index < -0.39 is 0 Å². The molecule has 0 heterocycles. The molecule has 0 saturated heterocycles. The molecular formula is C28H56I2O3. The summed E-state index contributed by atoms with van der Waals surface area (Å²) in [5.41, 5.74) is 0. The second kappa shape index (κ2) is 23.7. The van der Waals surface area contributed by atoms with E-state index in [0.717, 1.165) is 71.4 Å². The summed E-state index contributed by atoms with van der Waals surface area (Å²) in [4.78, 5) is 0. The van der Waals surface area contributed by atoms with Crippen LogP contribution in [0.15, 0.2) is 0 Å². The van der Waals surface area contributed by atoms with Crippen molar-refractivity contribution in [3.8, 4) is 0 Å². The number of alkyl halides is 2. The zero-order valence-corrected chi connectivity index (χ0v) is 27.1. The quantitative estimate of drug-likeness (QED) is 0.0436. The fourth-order valence-corrected chi connectivity index (χ4v) is 6.03. The van der Waals surface area contributed by atoms with Crippen LogP contribution in [0.1, 0.15) is 131 Å². The van der Waals surface area contributed by atoms with Crippen LogP contribution in [-0.2, 0) is 14.2 Å². The van der Waals surface area contributed by atoms with Gasteiger partial charge in [-0.2, -0.15) is 0 Å². The molecule has 0 aromatic carbocycles. The van der Waals surface area contributed by atoms with Crippen LogP contribution in [0.5, 0.6) is 0 Å². The Morgan fingerprint density at radius 2 is 0.939 bits per heavy atom. The van der Waals surface area contributed by atoms with Crippen LogP contribution in [0.3, 0.4) is 0 Å². The summed E-state index contributed by atoms with van der Waals surface area (Å²) in [6.07, 6.45) is 16.2. The second-order valence-corrected chi connectivity index (χ2v) is 14.5. The minimum Gasteiger partial charge on any atom is -0.353 e. The average molecular weight is 695 g/mol. The standard InChI is InChI=1S/C28H56I2O3/c1-7-9-11-19-31-27(17-13-15-23(3)21-25(5)29)33-28(32-20-12-10-8-2)18-14-16-24(4)22-26(6)30/h23-28H,7-22H2,1-6H3. The predicted octanol–water partition coefficient (Wildman–Crippen LogP) is 10.1. The van der Waals surface area contributed by atoms with Gasteiger partial charge < -0.3 is 14.2 Å². The largest absolute Gasteiger partial charge is 0.353 e. The molecule has 33 heavy (non-hydrogen) atoms. The normalized spacial score (nSPS) is 17.5. The Bertz CT molecular complexity index is 371. The van der Waals surface area contributed by atoms with Crippen LogP contribution in [0.2, 0.25) is 0 Å². The van der Waals surface area contributed by atoms with Gasteiger partial charge in [0.2, 0.25) is 0 Å². The van der Waals surface area contributed by atoms with Gasteiger partial charge >= 0.3 is 0 Å². The van der Waals surface area contributed by atoms with Crippen LogP contribution < -0.4 is 0 Å². The van der Waals surface area contributed by atoms with Crippen molar-refractivity contribution in [1.29, 1.82) is 0 Å². The first kappa shape index (κ1) is 34.3. The number of rotatable bonds is 24. The highest BCUT2D eigenvalue weighted by atomic mass is 127. The molecule has 0 saturated carbocycles. The maximum atomic E-state index is 6.49. The van der Waals surface area contributed by atoms with Crippen molar-refractivity contribution >= 4 is 45.2 Å². The Kier molecular flexibility index (Phi) is 24.7. The third kappa shape index (κ3) is 23.5. The van der Waals surface area contributed by atoms with E-state index in [0.29, 0.717) is 0 Å². The molecule has 0 aliphatic heterocycles. The summed E-state index contributed by atoms with van der Waals surface area (Å²) in [7, 11) is 0. The molecule has 0 radical (unpaired) electrons. The lowest BCUT2D eigenvalue weighted by Gasteiger charge is -2.26. The van der Waals surface area contributed by atoms with Crippen molar-refractivity contribution in [2.24, 2.45) is 11.8 Å². The molecule has 0 aromatic rings. The van der Waals surface area contributed by atoms with Crippen LogP contribution in [0, 0.1) is 11.8 Å². The highest BCUT2D eigenvalue weighted by Crippen LogP contribution is 2.23. The molecule has 0 rings (SSSR count). The predicted molar refractivity (Wildman–Crippen MR) is 162 cm³/mol. The topological polar surface area (TPSA) is 27.7 Å². The van der Waals surface area contributed by atoms with Crippen LogP contribution in [0.25, 0.3) is 0 Å². The third-order valence-corrected chi connectivity index (χ3v) is 7.15. The maximum Gasteiger partial charge on any atom is 0.160 e. The first-order valence-electron chi connectivity index (χ1n) is 13.9. The maximum absolute atomic E-state index is 6.49. The SMILES string of the molecule is CCCCCOC(CCCC(C)CC(C)I)OC(CCCC(C)CC(C)I)OCCCCC. The van der Waals surface area contributed by atoms with Crippen molar-refractivity contribution in [3.05, 3.63) is 0 Å². The van der Waals surface area contributed by atoms with Crippen LogP contribution in [-0.4, -0.2) is 33.6 Å². The lowest BCUT2D eigenvalue weighted by atomic mass is 9.99. The van der Waals surface area contributed by atoms with Gasteiger partial charge in [-0.15, -0.1) is 0 Å². The third-order valence-electron chi connectivity index (χ3n) is 6.13. The average Bonchev–Trinajstić information content (AvgIpc) is 2.72. The van der Waals surface area contributed by atoms with E-state index in [4.69, 9.17) is 14.2 Å². The molecule has 3 nitrogen and oxygen atoms in total. The number of halogens is 2. The van der Waals surface area contributed by atoms with Crippen molar-refractivity contribution in [3.63, 3.8) is 0 Å². The first-order chi connectivity index (χ1) is 15.8. The van der Waals surface area contributed by atoms with E-state index in [-0.39, 0.29) is 12.6 Å². The summed E-state index contributed by atoms with van der Waals surface area (Å²) >= 11 is 5.08. The van der Waals surface area contributed by atoms with Crippen molar-refractivity contribution in [2.75, 3.05) is 13.2 Å². The van der Waals surface area contributed by atoms with Gasteiger partial charge in [0.15, 0.2) is 12.6 Å². The molecule has 200 valence electrons. The molecule has 0 aliphatic carbocycles. The van der Waals surface area contributed by atoms with E-state index in [9.17, 15) is 0 Å². The molecule has 0 spiro atoms. The van der Waals surface area contributed by atoms with Gasteiger partial charge in [-0.3, -0.25) is 0 Å². The lowest BCUT2D eigenvalue weighted by molar-refractivity contribution is -0.250. The highest BCUT2D eigenvalue weighted by molar-refractivity contribution is 14.1. The van der Waals surface area contributed by atoms with Gasteiger partial charge in [-0.05, 0) is 63.2 Å². The number of hydrogen-bond donors (Lipinski definition) is 0. The fourth-order valence-electron chi connectivity index (χ4n) is 4.29.